The van der Waals surface area contributed by atoms with Gasteiger partial charge in [-0.3, -0.25) is 4.79 Å². The van der Waals surface area contributed by atoms with Gasteiger partial charge < -0.3 is 5.11 Å². The maximum atomic E-state index is 10.9. The Morgan fingerprint density at radius 1 is 1.33 bits per heavy atom. The van der Waals surface area contributed by atoms with Crippen LogP contribution in [-0.2, 0) is 11.2 Å². The summed E-state index contributed by atoms with van der Waals surface area (Å²) in [5, 5.41) is 12.0. The molecule has 1 rings (SSSR count). The molecule has 1 N–H and O–H groups in total. The molecule has 15 heavy (non-hydrogen) atoms. The van der Waals surface area contributed by atoms with Crippen molar-refractivity contribution in [3.8, 4) is 0 Å². The third kappa shape index (κ3) is 3.02. The van der Waals surface area contributed by atoms with Crippen LogP contribution >= 0.6 is 0 Å². The topological polar surface area (TPSA) is 66.7 Å². The molecule has 0 aliphatic rings. The van der Waals surface area contributed by atoms with Gasteiger partial charge in [0.05, 0.1) is 0 Å². The Kier molecular flexibility index (Phi) is 3.74. The minimum atomic E-state index is -0.529. The molecule has 0 spiro atoms. The summed E-state index contributed by atoms with van der Waals surface area (Å²) in [5.74, 6) is -0.817. The van der Waals surface area contributed by atoms with Crippen LogP contribution in [0.5, 0.6) is 0 Å². The number of hydrogen-bond donors (Lipinski definition) is 1. The molecule has 0 unspecified atom stereocenters. The molecule has 0 atom stereocenters. The van der Waals surface area contributed by atoms with Gasteiger partial charge in [0.25, 0.3) is 0 Å². The molecule has 0 bridgehead atoms. The van der Waals surface area contributed by atoms with Gasteiger partial charge in [-0.2, -0.15) is 0 Å². The Labute approximate surface area is 87.2 Å². The Bertz CT molecular complexity index is 396. The van der Waals surface area contributed by atoms with Crippen LogP contribution in [0.25, 0.3) is 0 Å². The first-order chi connectivity index (χ1) is 7.15. The van der Waals surface area contributed by atoms with Crippen molar-refractivity contribution >= 4 is 5.78 Å². The smallest absolute Gasteiger partial charge is 0.188 e. The van der Waals surface area contributed by atoms with Crippen LogP contribution in [0.4, 0.5) is 0 Å². The van der Waals surface area contributed by atoms with Crippen LogP contribution < -0.4 is 0 Å². The second-order valence-electron chi connectivity index (χ2n) is 3.11. The molecule has 4 heteroatoms. The zero-order valence-corrected chi connectivity index (χ0v) is 8.30. The van der Waals surface area contributed by atoms with E-state index in [1.165, 1.54) is 6.92 Å². The molecule has 1 aromatic rings. The van der Waals surface area contributed by atoms with Gasteiger partial charge in [-0.25, -0.2) is 0 Å². The summed E-state index contributed by atoms with van der Waals surface area (Å²) in [7, 11) is 0. The van der Waals surface area contributed by atoms with Gasteiger partial charge in [-0.15, -0.1) is 4.91 Å². The number of ketones is 1. The van der Waals surface area contributed by atoms with Gasteiger partial charge in [0.2, 0.25) is 0 Å². The van der Waals surface area contributed by atoms with Crippen LogP contribution in [0.1, 0.15) is 12.5 Å². The molecule has 0 saturated heterocycles. The van der Waals surface area contributed by atoms with E-state index in [-0.39, 0.29) is 12.2 Å². The van der Waals surface area contributed by atoms with Gasteiger partial charge in [0.15, 0.2) is 11.5 Å². The first kappa shape index (κ1) is 11.1. The zero-order valence-electron chi connectivity index (χ0n) is 8.30. The summed E-state index contributed by atoms with van der Waals surface area (Å²) in [6, 6.07) is 9.04. The highest BCUT2D eigenvalue weighted by molar-refractivity contribution is 5.93. The van der Waals surface area contributed by atoms with Crippen LogP contribution in [-0.4, -0.2) is 10.9 Å². The second kappa shape index (κ2) is 5.05. The highest BCUT2D eigenvalue weighted by atomic mass is 16.3. The molecule has 0 radical (unpaired) electrons. The van der Waals surface area contributed by atoms with Crippen molar-refractivity contribution in [1.29, 1.82) is 0 Å². The third-order valence-corrected chi connectivity index (χ3v) is 1.91. The third-order valence-electron chi connectivity index (χ3n) is 1.91. The van der Waals surface area contributed by atoms with E-state index in [1.54, 1.807) is 12.1 Å². The summed E-state index contributed by atoms with van der Waals surface area (Å²) in [4.78, 5) is 21.2. The minimum absolute atomic E-state index is 0.140. The van der Waals surface area contributed by atoms with Crippen molar-refractivity contribution in [2.75, 3.05) is 0 Å². The fourth-order valence-electron chi connectivity index (χ4n) is 1.19. The molecule has 0 aromatic heterocycles. The standard InChI is InChI=1S/C11H11NO3/c1-8(13)11(12-15)10(14)7-9-5-3-2-4-6-9/h2-6,14H,7H2,1H3/b11-10+. The second-order valence-corrected chi connectivity index (χ2v) is 3.11. The highest BCUT2D eigenvalue weighted by Crippen LogP contribution is 2.11. The zero-order chi connectivity index (χ0) is 11.3. The SMILES string of the molecule is CC(=O)/C(N=O)=C(\O)Cc1ccccc1. The minimum Gasteiger partial charge on any atom is -0.509 e. The van der Waals surface area contributed by atoms with E-state index in [0.29, 0.717) is 0 Å². The summed E-state index contributed by atoms with van der Waals surface area (Å²) in [5.41, 5.74) is 0.413. The maximum Gasteiger partial charge on any atom is 0.188 e. The van der Waals surface area contributed by atoms with Crippen LogP contribution in [0.2, 0.25) is 0 Å². The molecule has 0 amide bonds. The molecule has 4 nitrogen and oxygen atoms in total. The van der Waals surface area contributed by atoms with E-state index >= 15 is 0 Å². The van der Waals surface area contributed by atoms with Crippen LogP contribution in [0.15, 0.2) is 47.0 Å². The number of rotatable bonds is 4. The van der Waals surface area contributed by atoms with Gasteiger partial charge >= 0.3 is 0 Å². The van der Waals surface area contributed by atoms with Crippen molar-refractivity contribution < 1.29 is 9.90 Å². The van der Waals surface area contributed by atoms with E-state index in [4.69, 9.17) is 0 Å². The lowest BCUT2D eigenvalue weighted by molar-refractivity contribution is -0.113. The number of benzene rings is 1. The number of aliphatic hydroxyl groups is 1. The Morgan fingerprint density at radius 3 is 2.40 bits per heavy atom. The maximum absolute atomic E-state index is 10.9. The summed E-state index contributed by atoms with van der Waals surface area (Å²) >= 11 is 0. The highest BCUT2D eigenvalue weighted by Gasteiger charge is 2.11. The van der Waals surface area contributed by atoms with Crippen molar-refractivity contribution in [3.05, 3.63) is 52.3 Å². The Balaban J connectivity index is 2.91. The van der Waals surface area contributed by atoms with Gasteiger partial charge in [0.1, 0.15) is 5.76 Å². The quantitative estimate of drug-likeness (QED) is 0.466. The van der Waals surface area contributed by atoms with E-state index in [1.807, 2.05) is 18.2 Å². The molecule has 78 valence electrons. The fourth-order valence-corrected chi connectivity index (χ4v) is 1.19. The molecule has 0 heterocycles. The number of Topliss-reactive ketones (excluding diaryl/α,β-unsaturated/α-hetero) is 1. The molecular formula is C11H11NO3. The monoisotopic (exact) mass is 205 g/mol. The first-order valence-corrected chi connectivity index (χ1v) is 4.45. The summed E-state index contributed by atoms with van der Waals surface area (Å²) in [6.45, 7) is 1.19. The number of carbonyl (C=O) groups excluding carboxylic acids is 1. The predicted octanol–water partition coefficient (Wildman–Crippen LogP) is 2.35. The average Bonchev–Trinajstić information content (AvgIpc) is 2.19. The fraction of sp³-hybridized carbons (Fsp3) is 0.182. The lowest BCUT2D eigenvalue weighted by atomic mass is 10.1. The number of allylic oxidation sites excluding steroid dienone is 2. The van der Waals surface area contributed by atoms with Crippen molar-refractivity contribution in [2.24, 2.45) is 5.18 Å². The number of nitroso groups, excluding NO2 is 1. The summed E-state index contributed by atoms with van der Waals surface area (Å²) < 4.78 is 0. The van der Waals surface area contributed by atoms with Crippen molar-refractivity contribution in [1.82, 2.24) is 0 Å². The Hall–Kier alpha value is -1.97. The number of carbonyl (C=O) groups is 1. The number of hydrogen-bond acceptors (Lipinski definition) is 4. The predicted molar refractivity (Wildman–Crippen MR) is 56.3 cm³/mol. The van der Waals surface area contributed by atoms with E-state index in [2.05, 4.69) is 5.18 Å². The average molecular weight is 205 g/mol. The molecule has 0 aliphatic heterocycles. The molecule has 1 aromatic carbocycles. The van der Waals surface area contributed by atoms with Gasteiger partial charge in [0, 0.05) is 13.3 Å². The molecule has 0 saturated carbocycles. The van der Waals surface area contributed by atoms with E-state index < -0.39 is 11.5 Å². The lowest BCUT2D eigenvalue weighted by Crippen LogP contribution is -2.01. The largest absolute Gasteiger partial charge is 0.509 e. The van der Waals surface area contributed by atoms with Crippen LogP contribution in [0.3, 0.4) is 0 Å². The normalized spacial score (nSPS) is 11.8. The number of aliphatic hydroxyl groups excluding tert-OH is 1. The van der Waals surface area contributed by atoms with E-state index in [9.17, 15) is 14.8 Å². The number of nitrogens with zero attached hydrogens (tertiary/aromatic N) is 1. The van der Waals surface area contributed by atoms with Crippen LogP contribution in [0, 0.1) is 4.91 Å². The molecular weight excluding hydrogens is 194 g/mol. The lowest BCUT2D eigenvalue weighted by Gasteiger charge is -2.01. The van der Waals surface area contributed by atoms with Gasteiger partial charge in [-0.05, 0) is 10.7 Å². The van der Waals surface area contributed by atoms with Gasteiger partial charge in [-0.1, -0.05) is 30.3 Å². The molecule has 0 fully saturated rings. The molecule has 0 aliphatic carbocycles. The van der Waals surface area contributed by atoms with E-state index in [0.717, 1.165) is 5.56 Å². The first-order valence-electron chi connectivity index (χ1n) is 4.45. The van der Waals surface area contributed by atoms with Crippen molar-refractivity contribution in [3.63, 3.8) is 0 Å². The Morgan fingerprint density at radius 2 is 1.93 bits per heavy atom. The summed E-state index contributed by atoms with van der Waals surface area (Å²) in [6.07, 6.45) is 0.140. The van der Waals surface area contributed by atoms with Crippen molar-refractivity contribution in [2.45, 2.75) is 13.3 Å².